The van der Waals surface area contributed by atoms with Crippen LogP contribution in [0.15, 0.2) is 66.7 Å². The Kier molecular flexibility index (Phi) is 12.3. The molecule has 3 heteroatoms. The number of ketones is 1. The van der Waals surface area contributed by atoms with Crippen LogP contribution in [-0.4, -0.2) is 34.0 Å². The van der Waals surface area contributed by atoms with Crippen LogP contribution in [-0.2, 0) is 0 Å². The predicted octanol–water partition coefficient (Wildman–Crippen LogP) is 3.25. The number of hydrogen-bond donors (Lipinski definition) is 2. The Morgan fingerprint density at radius 3 is 1.64 bits per heavy atom. The van der Waals surface area contributed by atoms with Gasteiger partial charge < -0.3 is 10.6 Å². The molecule has 22 heavy (non-hydrogen) atoms. The molecule has 0 aromatic heterocycles. The molecule has 0 atom stereocenters. The summed E-state index contributed by atoms with van der Waals surface area (Å²) in [5, 5.41) is 5.50. The lowest BCUT2D eigenvalue weighted by atomic mass is 10.1. The lowest BCUT2D eigenvalue weighted by molar-refractivity contribution is 0.104. The van der Waals surface area contributed by atoms with E-state index < -0.39 is 0 Å². The molecule has 0 heterocycles. The van der Waals surface area contributed by atoms with Gasteiger partial charge in [-0.05, 0) is 39.8 Å². The van der Waals surface area contributed by atoms with Crippen molar-refractivity contribution < 1.29 is 4.79 Å². The molecule has 2 N–H and O–H groups in total. The minimum Gasteiger partial charge on any atom is -0.323 e. The van der Waals surface area contributed by atoms with Crippen molar-refractivity contribution in [3.05, 3.63) is 77.9 Å². The number of benzene rings is 2. The van der Waals surface area contributed by atoms with Crippen molar-refractivity contribution in [3.8, 4) is 0 Å². The van der Waals surface area contributed by atoms with Gasteiger partial charge in [0, 0.05) is 5.56 Å². The van der Waals surface area contributed by atoms with Crippen LogP contribution in [0.5, 0.6) is 0 Å². The molecular weight excluding hydrogens is 272 g/mol. The molecule has 2 aromatic rings. The van der Waals surface area contributed by atoms with E-state index in [9.17, 15) is 4.79 Å². The van der Waals surface area contributed by atoms with Gasteiger partial charge in [0.05, 0.1) is 0 Å². The Balaban J connectivity index is 0.000000639. The molecule has 0 saturated heterocycles. The van der Waals surface area contributed by atoms with Gasteiger partial charge in [-0.2, -0.15) is 0 Å². The van der Waals surface area contributed by atoms with Crippen molar-refractivity contribution in [2.45, 2.75) is 0 Å². The van der Waals surface area contributed by atoms with Crippen LogP contribution in [0.25, 0.3) is 6.08 Å². The van der Waals surface area contributed by atoms with Crippen LogP contribution in [0.2, 0.25) is 0 Å². The summed E-state index contributed by atoms with van der Waals surface area (Å²) >= 11 is 0. The Morgan fingerprint density at radius 1 is 0.773 bits per heavy atom. The molecule has 0 aliphatic heterocycles. The molecule has 0 saturated carbocycles. The van der Waals surface area contributed by atoms with E-state index in [0.717, 1.165) is 11.1 Å². The first-order valence-corrected chi connectivity index (χ1v) is 7.19. The first kappa shape index (κ1) is 19.8. The van der Waals surface area contributed by atoms with Gasteiger partial charge in [-0.25, -0.2) is 0 Å². The molecule has 0 aliphatic rings. The third kappa shape index (κ3) is 9.64. The number of carbonyl (C=O) groups is 1. The average Bonchev–Trinajstić information content (AvgIpc) is 2.56. The van der Waals surface area contributed by atoms with E-state index in [0.29, 0.717) is 0 Å². The van der Waals surface area contributed by atoms with Gasteiger partial charge in [-0.3, -0.25) is 4.79 Å². The highest BCUT2D eigenvalue weighted by atomic mass is 16.1. The van der Waals surface area contributed by atoms with E-state index >= 15 is 0 Å². The normalized spacial score (nSPS) is 9.27. The second kappa shape index (κ2) is 13.7. The Labute approximate surface area is 134 Å². The Bertz CT molecular complexity index is 520. The molecule has 0 bridgehead atoms. The van der Waals surface area contributed by atoms with Crippen molar-refractivity contribution in [2.24, 2.45) is 0 Å². The maximum absolute atomic E-state index is 11.7. The fraction of sp³-hybridized carbons (Fsp3) is 0.211. The smallest absolute Gasteiger partial charge is 0.185 e. The molecule has 0 fully saturated rings. The topological polar surface area (TPSA) is 41.1 Å². The first-order chi connectivity index (χ1) is 10.7. The van der Waals surface area contributed by atoms with E-state index in [2.05, 4.69) is 10.6 Å². The summed E-state index contributed by atoms with van der Waals surface area (Å²) < 4.78 is 0. The van der Waals surface area contributed by atoms with Crippen LogP contribution in [0, 0.1) is 0 Å². The van der Waals surface area contributed by atoms with Crippen LogP contribution in [0.3, 0.4) is 0 Å². The summed E-state index contributed by atoms with van der Waals surface area (Å²) in [5.41, 5.74) is 1.75. The van der Waals surface area contributed by atoms with Gasteiger partial charge in [0.15, 0.2) is 5.78 Å². The van der Waals surface area contributed by atoms with E-state index in [1.807, 2.05) is 94.9 Å². The maximum Gasteiger partial charge on any atom is 0.185 e. The van der Waals surface area contributed by atoms with Crippen LogP contribution in [0.1, 0.15) is 15.9 Å². The largest absolute Gasteiger partial charge is 0.323 e. The fourth-order valence-corrected chi connectivity index (χ4v) is 1.43. The van der Waals surface area contributed by atoms with Gasteiger partial charge in [0.25, 0.3) is 0 Å². The minimum absolute atomic E-state index is 0.0319. The van der Waals surface area contributed by atoms with Gasteiger partial charge in [-0.1, -0.05) is 66.7 Å². The van der Waals surface area contributed by atoms with Gasteiger partial charge in [-0.15, -0.1) is 0 Å². The molecule has 0 radical (unpaired) electrons. The highest BCUT2D eigenvalue weighted by molar-refractivity contribution is 6.06. The summed E-state index contributed by atoms with van der Waals surface area (Å²) in [5.74, 6) is 0.0319. The number of nitrogens with one attached hydrogen (secondary N) is 2. The second-order valence-corrected chi connectivity index (χ2v) is 4.47. The van der Waals surface area contributed by atoms with Crippen molar-refractivity contribution in [1.82, 2.24) is 10.6 Å². The molecule has 0 amide bonds. The number of allylic oxidation sites excluding steroid dienone is 1. The van der Waals surface area contributed by atoms with Gasteiger partial charge >= 0.3 is 0 Å². The zero-order valence-corrected chi connectivity index (χ0v) is 13.8. The van der Waals surface area contributed by atoms with Gasteiger partial charge in [0.1, 0.15) is 0 Å². The molecule has 0 spiro atoms. The van der Waals surface area contributed by atoms with Gasteiger partial charge in [0.2, 0.25) is 0 Å². The maximum atomic E-state index is 11.7. The van der Waals surface area contributed by atoms with Crippen LogP contribution in [0.4, 0.5) is 0 Å². The van der Waals surface area contributed by atoms with E-state index in [4.69, 9.17) is 0 Å². The summed E-state index contributed by atoms with van der Waals surface area (Å²) in [6, 6.07) is 19.1. The minimum atomic E-state index is 0.0319. The third-order valence-electron chi connectivity index (χ3n) is 2.29. The standard InChI is InChI=1S/C15H12O.2C2H7N/c16-15(14-9-5-2-6-10-14)12-11-13-7-3-1-4-8-13;2*1-3-2/h1-12H;2*3H,1-2H3. The zero-order valence-electron chi connectivity index (χ0n) is 13.8. The molecule has 0 unspecified atom stereocenters. The molecule has 2 rings (SSSR count). The number of hydrogen-bond acceptors (Lipinski definition) is 3. The summed E-state index contributed by atoms with van der Waals surface area (Å²) in [6.07, 6.45) is 3.43. The molecule has 3 nitrogen and oxygen atoms in total. The Morgan fingerprint density at radius 2 is 1.18 bits per heavy atom. The molecule has 2 aromatic carbocycles. The summed E-state index contributed by atoms with van der Waals surface area (Å²) in [6.45, 7) is 0. The van der Waals surface area contributed by atoms with Crippen molar-refractivity contribution in [3.63, 3.8) is 0 Å². The molecular formula is C19H26N2O. The summed E-state index contributed by atoms with van der Waals surface area (Å²) in [4.78, 5) is 11.7. The molecule has 118 valence electrons. The number of rotatable bonds is 3. The van der Waals surface area contributed by atoms with Crippen molar-refractivity contribution in [2.75, 3.05) is 28.2 Å². The predicted molar refractivity (Wildman–Crippen MR) is 96.2 cm³/mol. The zero-order chi connectivity index (χ0) is 16.6. The monoisotopic (exact) mass is 298 g/mol. The lowest BCUT2D eigenvalue weighted by Crippen LogP contribution is -1.92. The van der Waals surface area contributed by atoms with Crippen molar-refractivity contribution >= 4 is 11.9 Å². The average molecular weight is 298 g/mol. The van der Waals surface area contributed by atoms with E-state index in [1.54, 1.807) is 6.08 Å². The second-order valence-electron chi connectivity index (χ2n) is 4.47. The molecule has 0 aliphatic carbocycles. The quantitative estimate of drug-likeness (QED) is 0.675. The van der Waals surface area contributed by atoms with Crippen LogP contribution < -0.4 is 10.6 Å². The SMILES string of the molecule is CNC.CNC.O=C(C=Cc1ccccc1)c1ccccc1. The van der Waals surface area contributed by atoms with Crippen LogP contribution >= 0.6 is 0 Å². The number of carbonyl (C=O) groups excluding carboxylic acids is 1. The third-order valence-corrected chi connectivity index (χ3v) is 2.29. The fourth-order valence-electron chi connectivity index (χ4n) is 1.43. The van der Waals surface area contributed by atoms with E-state index in [1.165, 1.54) is 0 Å². The highest BCUT2D eigenvalue weighted by Gasteiger charge is 1.98. The highest BCUT2D eigenvalue weighted by Crippen LogP contribution is 2.05. The van der Waals surface area contributed by atoms with E-state index in [-0.39, 0.29) is 5.78 Å². The lowest BCUT2D eigenvalue weighted by Gasteiger charge is -1.94. The van der Waals surface area contributed by atoms with Crippen molar-refractivity contribution in [1.29, 1.82) is 0 Å². The Hall–Kier alpha value is -2.23. The summed E-state index contributed by atoms with van der Waals surface area (Å²) in [7, 11) is 7.50. The first-order valence-electron chi connectivity index (χ1n) is 7.19.